The Morgan fingerprint density at radius 1 is 1.12 bits per heavy atom. The van der Waals surface area contributed by atoms with Gasteiger partial charge in [-0.2, -0.15) is 10.4 Å². The second kappa shape index (κ2) is 7.85. The number of carbonyl (C=O) groups excluding carboxylic acids is 1. The molecule has 4 nitrogen and oxygen atoms in total. The van der Waals surface area contributed by atoms with Gasteiger partial charge in [-0.1, -0.05) is 76.2 Å². The minimum Gasteiger partial charge on any atom is -0.293 e. The van der Waals surface area contributed by atoms with Crippen LogP contribution in [0.15, 0.2) is 66.2 Å². The lowest BCUT2D eigenvalue weighted by atomic mass is 9.58. The molecule has 1 aromatic heterocycles. The molecule has 0 saturated heterocycles. The van der Waals surface area contributed by atoms with Crippen molar-refractivity contribution in [2.45, 2.75) is 51.9 Å². The summed E-state index contributed by atoms with van der Waals surface area (Å²) in [7, 11) is 0. The van der Waals surface area contributed by atoms with Crippen molar-refractivity contribution < 1.29 is 4.79 Å². The number of benzene rings is 2. The molecule has 33 heavy (non-hydrogen) atoms. The first-order valence-electron chi connectivity index (χ1n) is 11.8. The Morgan fingerprint density at radius 3 is 2.45 bits per heavy atom. The summed E-state index contributed by atoms with van der Waals surface area (Å²) in [6.07, 6.45) is 3.67. The lowest BCUT2D eigenvalue weighted by Gasteiger charge is -2.44. The van der Waals surface area contributed by atoms with Crippen LogP contribution in [0.5, 0.6) is 0 Å². The van der Waals surface area contributed by atoms with Crippen LogP contribution in [0.1, 0.15) is 56.9 Å². The van der Waals surface area contributed by atoms with Crippen LogP contribution in [0.2, 0.25) is 0 Å². The summed E-state index contributed by atoms with van der Waals surface area (Å²) >= 11 is 0. The largest absolute Gasteiger partial charge is 0.293 e. The predicted octanol–water partition coefficient (Wildman–Crippen LogP) is 6.15. The fourth-order valence-corrected chi connectivity index (χ4v) is 5.81. The third kappa shape index (κ3) is 3.26. The van der Waals surface area contributed by atoms with Crippen LogP contribution in [-0.4, -0.2) is 15.6 Å². The molecule has 5 rings (SSSR count). The highest BCUT2D eigenvalue weighted by Crippen LogP contribution is 2.51. The van der Waals surface area contributed by atoms with Crippen LogP contribution < -0.4 is 0 Å². The smallest absolute Gasteiger partial charge is 0.176 e. The maximum Gasteiger partial charge on any atom is 0.176 e. The highest BCUT2D eigenvalue weighted by atomic mass is 16.1. The lowest BCUT2D eigenvalue weighted by Crippen LogP contribution is -2.45. The zero-order valence-electron chi connectivity index (χ0n) is 19.7. The van der Waals surface area contributed by atoms with Gasteiger partial charge in [0.1, 0.15) is 6.07 Å². The average molecular weight is 436 g/mol. The lowest BCUT2D eigenvalue weighted by molar-refractivity contribution is -0.121. The van der Waals surface area contributed by atoms with E-state index in [1.165, 1.54) is 11.1 Å². The van der Waals surface area contributed by atoms with E-state index in [0.29, 0.717) is 5.92 Å². The van der Waals surface area contributed by atoms with Crippen LogP contribution in [0.25, 0.3) is 16.9 Å². The molecule has 3 atom stereocenters. The number of fused-ring (bicyclic) bond motifs is 3. The summed E-state index contributed by atoms with van der Waals surface area (Å²) in [6.45, 7) is 8.52. The molecule has 0 spiro atoms. The molecule has 1 heterocycles. The molecule has 4 heteroatoms. The van der Waals surface area contributed by atoms with Crippen molar-refractivity contribution in [2.24, 2.45) is 11.8 Å². The van der Waals surface area contributed by atoms with Crippen molar-refractivity contribution in [3.05, 3.63) is 83.1 Å². The molecule has 0 radical (unpaired) electrons. The Balaban J connectivity index is 1.76. The molecule has 166 valence electrons. The number of carbonyl (C=O) groups is 1. The van der Waals surface area contributed by atoms with Crippen molar-refractivity contribution in [1.82, 2.24) is 9.78 Å². The molecule has 0 fully saturated rings. The zero-order chi connectivity index (χ0) is 23.3. The van der Waals surface area contributed by atoms with E-state index in [-0.39, 0.29) is 23.2 Å². The molecule has 0 N–H and O–H groups in total. The summed E-state index contributed by atoms with van der Waals surface area (Å²) in [5.41, 5.74) is 6.61. The van der Waals surface area contributed by atoms with E-state index in [0.717, 1.165) is 35.5 Å². The number of nitrogens with zero attached hydrogens (tertiary/aromatic N) is 3. The fourth-order valence-electron chi connectivity index (χ4n) is 5.81. The average Bonchev–Trinajstić information content (AvgIpc) is 3.23. The van der Waals surface area contributed by atoms with Gasteiger partial charge in [0, 0.05) is 22.5 Å². The molecule has 0 amide bonds. The van der Waals surface area contributed by atoms with E-state index < -0.39 is 5.41 Å². The Morgan fingerprint density at radius 2 is 1.82 bits per heavy atom. The zero-order valence-corrected chi connectivity index (χ0v) is 19.7. The molecule has 0 bridgehead atoms. The summed E-state index contributed by atoms with van der Waals surface area (Å²) in [5, 5.41) is 14.9. The van der Waals surface area contributed by atoms with E-state index in [9.17, 15) is 10.1 Å². The van der Waals surface area contributed by atoms with Gasteiger partial charge in [-0.15, -0.1) is 0 Å². The topological polar surface area (TPSA) is 58.7 Å². The van der Waals surface area contributed by atoms with Crippen molar-refractivity contribution in [1.29, 1.82) is 5.26 Å². The molecular formula is C29H29N3O. The van der Waals surface area contributed by atoms with Gasteiger partial charge >= 0.3 is 0 Å². The van der Waals surface area contributed by atoms with E-state index in [1.807, 2.05) is 19.1 Å². The molecular weight excluding hydrogens is 406 g/mol. The van der Waals surface area contributed by atoms with Crippen molar-refractivity contribution in [2.75, 3.05) is 0 Å². The highest BCUT2D eigenvalue weighted by molar-refractivity contribution is 6.02. The standard InChI is InChI=1S/C29H29N3O/c1-18(2)20-10-12-23(13-11-20)32-26(21-8-6-5-7-9-21)24-14-15-25-19(3)27(33)22(17-30)16-29(25,4)28(24)31-32/h5-13,16,18-19,25H,14-15H2,1-4H3/t19-,25-,29-/m1/s1. The summed E-state index contributed by atoms with van der Waals surface area (Å²) in [6, 6.07) is 21.2. The highest BCUT2D eigenvalue weighted by Gasteiger charge is 2.50. The maximum atomic E-state index is 12.8. The number of nitriles is 1. The Labute approximate surface area is 195 Å². The number of Topliss-reactive ketones (excluding diaryl/α,β-unsaturated/α-hetero) is 1. The van der Waals surface area contributed by atoms with Crippen LogP contribution in [0, 0.1) is 23.2 Å². The molecule has 0 unspecified atom stereocenters. The monoisotopic (exact) mass is 435 g/mol. The van der Waals surface area contributed by atoms with E-state index >= 15 is 0 Å². The number of ketones is 1. The fraction of sp³-hybridized carbons (Fsp3) is 0.345. The summed E-state index contributed by atoms with van der Waals surface area (Å²) in [4.78, 5) is 12.8. The third-order valence-electron chi connectivity index (χ3n) is 7.67. The molecule has 3 aromatic rings. The maximum absolute atomic E-state index is 12.8. The van der Waals surface area contributed by atoms with E-state index in [4.69, 9.17) is 5.10 Å². The first-order valence-corrected chi connectivity index (χ1v) is 11.8. The van der Waals surface area contributed by atoms with Gasteiger partial charge in [0.15, 0.2) is 5.78 Å². The van der Waals surface area contributed by atoms with Gasteiger partial charge < -0.3 is 0 Å². The van der Waals surface area contributed by atoms with Crippen LogP contribution in [-0.2, 0) is 16.6 Å². The van der Waals surface area contributed by atoms with E-state index in [2.05, 4.69) is 80.1 Å². The quantitative estimate of drug-likeness (QED) is 0.496. The SMILES string of the molecule is CC(C)c1ccc(-n2nc3c(c2-c2ccccc2)CC[C@@H]2[C@@H](C)C(=O)C(C#N)=C[C@@]32C)cc1. The molecule has 2 aliphatic rings. The molecule has 2 aromatic carbocycles. The second-order valence-corrected chi connectivity index (χ2v) is 9.95. The molecule has 0 aliphatic heterocycles. The Bertz CT molecular complexity index is 1290. The minimum atomic E-state index is -0.446. The van der Waals surface area contributed by atoms with Gasteiger partial charge in [-0.05, 0) is 42.4 Å². The summed E-state index contributed by atoms with van der Waals surface area (Å²) in [5.74, 6) is 0.396. The minimum absolute atomic E-state index is 0.0320. The first-order chi connectivity index (χ1) is 15.8. The van der Waals surface area contributed by atoms with Crippen molar-refractivity contribution >= 4 is 5.78 Å². The van der Waals surface area contributed by atoms with Crippen molar-refractivity contribution in [3.8, 4) is 23.0 Å². The van der Waals surface area contributed by atoms with Gasteiger partial charge in [0.2, 0.25) is 0 Å². The van der Waals surface area contributed by atoms with Gasteiger partial charge in [-0.3, -0.25) is 4.79 Å². The normalized spacial score (nSPS) is 24.1. The predicted molar refractivity (Wildman–Crippen MR) is 130 cm³/mol. The molecule has 2 aliphatic carbocycles. The number of hydrogen-bond acceptors (Lipinski definition) is 3. The van der Waals surface area contributed by atoms with Crippen LogP contribution >= 0.6 is 0 Å². The van der Waals surface area contributed by atoms with E-state index in [1.54, 1.807) is 0 Å². The van der Waals surface area contributed by atoms with Gasteiger partial charge in [-0.25, -0.2) is 4.68 Å². The second-order valence-electron chi connectivity index (χ2n) is 9.95. The van der Waals surface area contributed by atoms with Crippen LogP contribution in [0.4, 0.5) is 0 Å². The molecule has 0 saturated carbocycles. The third-order valence-corrected chi connectivity index (χ3v) is 7.67. The number of rotatable bonds is 3. The summed E-state index contributed by atoms with van der Waals surface area (Å²) < 4.78 is 2.07. The first kappa shape index (κ1) is 21.4. The van der Waals surface area contributed by atoms with Gasteiger partial charge in [0.05, 0.1) is 22.6 Å². The number of allylic oxidation sites excluding steroid dienone is 2. The Kier molecular flexibility index (Phi) is 5.09. The van der Waals surface area contributed by atoms with Crippen LogP contribution in [0.3, 0.4) is 0 Å². The number of hydrogen-bond donors (Lipinski definition) is 0. The van der Waals surface area contributed by atoms with Crippen molar-refractivity contribution in [3.63, 3.8) is 0 Å². The van der Waals surface area contributed by atoms with Gasteiger partial charge in [0.25, 0.3) is 0 Å². The Hall–Kier alpha value is -3.45. The number of aromatic nitrogens is 2.